The fourth-order valence-electron chi connectivity index (χ4n) is 7.98. The highest BCUT2D eigenvalue weighted by atomic mass is 16.2. The summed E-state index contributed by atoms with van der Waals surface area (Å²) in [7, 11) is 0. The van der Waals surface area contributed by atoms with E-state index in [1.165, 1.54) is 18.6 Å². The van der Waals surface area contributed by atoms with Crippen LogP contribution in [-0.2, 0) is 24.0 Å². The van der Waals surface area contributed by atoms with Crippen LogP contribution in [0.1, 0.15) is 122 Å². The molecule has 12 nitrogen and oxygen atoms in total. The Labute approximate surface area is 283 Å². The summed E-state index contributed by atoms with van der Waals surface area (Å²) < 4.78 is 0. The number of Topliss-reactive ketones (excluding diaryl/α,β-unsaturated/α-hetero) is 2. The Morgan fingerprint density at radius 1 is 0.958 bits per heavy atom. The number of ketones is 2. The van der Waals surface area contributed by atoms with Crippen LogP contribution in [-0.4, -0.2) is 80.8 Å². The smallest absolute Gasteiger partial charge is 0.289 e. The van der Waals surface area contributed by atoms with Crippen LogP contribution in [0.5, 0.6) is 0 Å². The van der Waals surface area contributed by atoms with Crippen molar-refractivity contribution in [3.63, 3.8) is 0 Å². The molecule has 48 heavy (non-hydrogen) atoms. The first-order chi connectivity index (χ1) is 22.8. The van der Waals surface area contributed by atoms with Gasteiger partial charge in [0.2, 0.25) is 23.5 Å². The largest absolute Gasteiger partial charge is 0.347 e. The second kappa shape index (κ2) is 14.8. The zero-order chi connectivity index (χ0) is 34.6. The molecule has 0 bridgehead atoms. The maximum atomic E-state index is 14.6. The van der Waals surface area contributed by atoms with Crippen molar-refractivity contribution in [2.45, 2.75) is 135 Å². The van der Waals surface area contributed by atoms with Crippen molar-refractivity contribution in [1.29, 1.82) is 0 Å². The standard InChI is InChI=1S/C36H52N6O6/c1-5-10-25(29(44)32(46)39-23-13-14-23)40-31(45)28-24-12-9-11-22(24)21-42(28)33(47)30(35(2,3)4)41-34(48)36(15-7-6-8-16-36)19-27(43)26-20-37-17-18-38-26/h17-18,20,22-25,28,30H,5-16,19,21H2,1-4H3,(H,39,46)(H,40,45)(H,41,48)/t22-,24-,25-,28-,30+/m0/s1. The minimum Gasteiger partial charge on any atom is -0.347 e. The summed E-state index contributed by atoms with van der Waals surface area (Å²) in [5, 5.41) is 8.68. The molecule has 3 saturated carbocycles. The fraction of sp³-hybridized carbons (Fsp3) is 0.722. The zero-order valence-electron chi connectivity index (χ0n) is 28.9. The quantitative estimate of drug-likeness (QED) is 0.213. The predicted octanol–water partition coefficient (Wildman–Crippen LogP) is 3.29. The van der Waals surface area contributed by atoms with Crippen LogP contribution >= 0.6 is 0 Å². The van der Waals surface area contributed by atoms with Crippen molar-refractivity contribution in [3.8, 4) is 0 Å². The summed E-state index contributed by atoms with van der Waals surface area (Å²) in [5.74, 6) is -2.65. The molecule has 0 spiro atoms. The van der Waals surface area contributed by atoms with E-state index in [0.29, 0.717) is 32.2 Å². The van der Waals surface area contributed by atoms with Crippen LogP contribution in [0.2, 0.25) is 0 Å². The normalized spacial score (nSPS) is 24.6. The summed E-state index contributed by atoms with van der Waals surface area (Å²) in [4.78, 5) is 91.8. The number of hydrogen-bond donors (Lipinski definition) is 3. The van der Waals surface area contributed by atoms with Gasteiger partial charge in [-0.1, -0.05) is 59.8 Å². The lowest BCUT2D eigenvalue weighted by Crippen LogP contribution is -2.61. The highest BCUT2D eigenvalue weighted by Gasteiger charge is 2.53. The lowest BCUT2D eigenvalue weighted by molar-refractivity contribution is -0.147. The Balaban J connectivity index is 1.36. The molecule has 1 aromatic heterocycles. The van der Waals surface area contributed by atoms with E-state index in [-0.39, 0.29) is 47.6 Å². The van der Waals surface area contributed by atoms with Crippen LogP contribution in [0.25, 0.3) is 0 Å². The molecular formula is C36H52N6O6. The van der Waals surface area contributed by atoms with Crippen molar-refractivity contribution in [2.75, 3.05) is 6.54 Å². The number of rotatable bonds is 13. The minimum atomic E-state index is -0.982. The van der Waals surface area contributed by atoms with Gasteiger partial charge >= 0.3 is 0 Å². The number of hydrogen-bond acceptors (Lipinski definition) is 8. The number of nitrogens with zero attached hydrogens (tertiary/aromatic N) is 3. The van der Waals surface area contributed by atoms with Crippen LogP contribution in [0.15, 0.2) is 18.6 Å². The maximum Gasteiger partial charge on any atom is 0.289 e. The fourth-order valence-corrected chi connectivity index (χ4v) is 7.98. The van der Waals surface area contributed by atoms with Crippen LogP contribution in [0.3, 0.4) is 0 Å². The molecular weight excluding hydrogens is 612 g/mol. The van der Waals surface area contributed by atoms with Gasteiger partial charge in [0.15, 0.2) is 5.78 Å². The first-order valence-corrected chi connectivity index (χ1v) is 17.9. The van der Waals surface area contributed by atoms with E-state index in [2.05, 4.69) is 25.9 Å². The van der Waals surface area contributed by atoms with E-state index >= 15 is 0 Å². The molecule has 4 amide bonds. The molecule has 5 atom stereocenters. The molecule has 1 aromatic rings. The summed E-state index contributed by atoms with van der Waals surface area (Å²) >= 11 is 0. The topological polar surface area (TPSA) is 168 Å². The van der Waals surface area contributed by atoms with Crippen LogP contribution < -0.4 is 16.0 Å². The Morgan fingerprint density at radius 3 is 2.31 bits per heavy atom. The van der Waals surface area contributed by atoms with Gasteiger partial charge in [0.1, 0.15) is 17.8 Å². The third-order valence-corrected chi connectivity index (χ3v) is 10.8. The highest BCUT2D eigenvalue weighted by molar-refractivity contribution is 6.38. The van der Waals surface area contributed by atoms with E-state index in [9.17, 15) is 28.8 Å². The monoisotopic (exact) mass is 664 g/mol. The molecule has 1 saturated heterocycles. The molecule has 0 unspecified atom stereocenters. The maximum absolute atomic E-state index is 14.6. The SMILES string of the molecule is CCC[C@H](NC(=O)[C@@H]1[C@H]2CCC[C@H]2CN1C(=O)[C@@H](NC(=O)C1(CC(=O)c2cnccn2)CCCCC1)C(C)(C)C)C(=O)C(=O)NC1CC1. The lowest BCUT2D eigenvalue weighted by Gasteiger charge is -2.40. The van der Waals surface area contributed by atoms with Gasteiger partial charge in [-0.15, -0.1) is 0 Å². The van der Waals surface area contributed by atoms with Crippen molar-refractivity contribution >= 4 is 35.2 Å². The molecule has 1 aliphatic heterocycles. The Kier molecular flexibility index (Phi) is 11.0. The van der Waals surface area contributed by atoms with Crippen LogP contribution in [0, 0.1) is 22.7 Å². The predicted molar refractivity (Wildman–Crippen MR) is 177 cm³/mol. The van der Waals surface area contributed by atoms with Gasteiger partial charge in [-0.2, -0.15) is 0 Å². The summed E-state index contributed by atoms with van der Waals surface area (Å²) in [6.07, 6.45) is 13.1. The number of carbonyl (C=O) groups is 6. The summed E-state index contributed by atoms with van der Waals surface area (Å²) in [6, 6.07) is -2.73. The van der Waals surface area contributed by atoms with E-state index in [1.54, 1.807) is 4.90 Å². The number of nitrogens with one attached hydrogen (secondary N) is 3. The Bertz CT molecular complexity index is 1380. The third-order valence-electron chi connectivity index (χ3n) is 10.8. The van der Waals surface area contributed by atoms with Crippen molar-refractivity contribution < 1.29 is 28.8 Å². The van der Waals surface area contributed by atoms with Crippen molar-refractivity contribution in [3.05, 3.63) is 24.3 Å². The number of aromatic nitrogens is 2. The van der Waals surface area contributed by atoms with Gasteiger partial charge in [-0.25, -0.2) is 4.98 Å². The molecule has 2 heterocycles. The second-order valence-corrected chi connectivity index (χ2v) is 15.6. The molecule has 3 N–H and O–H groups in total. The lowest BCUT2D eigenvalue weighted by atomic mass is 9.69. The number of amides is 4. The Morgan fingerprint density at radius 2 is 1.69 bits per heavy atom. The highest BCUT2D eigenvalue weighted by Crippen LogP contribution is 2.44. The van der Waals surface area contributed by atoms with Crippen molar-refractivity contribution in [1.82, 2.24) is 30.8 Å². The van der Waals surface area contributed by atoms with E-state index in [0.717, 1.165) is 51.4 Å². The third kappa shape index (κ3) is 7.94. The van der Waals surface area contributed by atoms with Crippen molar-refractivity contribution in [2.24, 2.45) is 22.7 Å². The van der Waals surface area contributed by atoms with Gasteiger partial charge in [0, 0.05) is 31.4 Å². The number of fused-ring (bicyclic) bond motifs is 1. The number of likely N-dealkylation sites (tertiary alicyclic amines) is 1. The Hall–Kier alpha value is -3.70. The van der Waals surface area contributed by atoms with Gasteiger partial charge in [-0.05, 0) is 62.2 Å². The zero-order valence-corrected chi connectivity index (χ0v) is 28.9. The molecule has 3 aliphatic carbocycles. The van der Waals surface area contributed by atoms with E-state index < -0.39 is 46.6 Å². The second-order valence-electron chi connectivity index (χ2n) is 15.6. The molecule has 0 radical (unpaired) electrons. The average Bonchev–Trinajstić information content (AvgIpc) is 3.63. The first-order valence-electron chi connectivity index (χ1n) is 17.9. The molecule has 0 aromatic carbocycles. The van der Waals surface area contributed by atoms with E-state index in [1.807, 2.05) is 27.7 Å². The summed E-state index contributed by atoms with van der Waals surface area (Å²) in [5.41, 5.74) is -1.48. The van der Waals surface area contributed by atoms with Gasteiger partial charge < -0.3 is 20.9 Å². The van der Waals surface area contributed by atoms with Crippen LogP contribution in [0.4, 0.5) is 0 Å². The molecule has 12 heteroatoms. The molecule has 4 fully saturated rings. The first kappa shape index (κ1) is 35.6. The summed E-state index contributed by atoms with van der Waals surface area (Å²) in [6.45, 7) is 7.92. The molecule has 5 rings (SSSR count). The van der Waals surface area contributed by atoms with Gasteiger partial charge in [-0.3, -0.25) is 33.8 Å². The van der Waals surface area contributed by atoms with Gasteiger partial charge in [0.25, 0.3) is 5.91 Å². The average molecular weight is 665 g/mol. The molecule has 4 aliphatic rings. The minimum absolute atomic E-state index is 0.0176. The van der Waals surface area contributed by atoms with E-state index in [4.69, 9.17) is 0 Å². The number of carbonyl (C=O) groups excluding carboxylic acids is 6. The van der Waals surface area contributed by atoms with Gasteiger partial charge in [0.05, 0.1) is 17.7 Å². The molecule has 262 valence electrons.